The van der Waals surface area contributed by atoms with Crippen molar-refractivity contribution in [3.63, 3.8) is 0 Å². The van der Waals surface area contributed by atoms with Gasteiger partial charge >= 0.3 is 0 Å². The number of fused-ring (bicyclic) bond motifs is 1. The zero-order valence-corrected chi connectivity index (χ0v) is 14.1. The number of ether oxygens (including phenoxy) is 1. The van der Waals surface area contributed by atoms with Gasteiger partial charge in [-0.2, -0.15) is 5.26 Å². The first-order valence-electron chi connectivity index (χ1n) is 8.31. The van der Waals surface area contributed by atoms with Crippen molar-refractivity contribution < 1.29 is 9.53 Å². The maximum absolute atomic E-state index is 12.2. The number of amides is 1. The lowest BCUT2D eigenvalue weighted by Gasteiger charge is -2.05. The van der Waals surface area contributed by atoms with Crippen molar-refractivity contribution in [2.24, 2.45) is 0 Å². The second-order valence-corrected chi connectivity index (χ2v) is 6.08. The zero-order chi connectivity index (χ0) is 17.6. The minimum absolute atomic E-state index is 0.106. The summed E-state index contributed by atoms with van der Waals surface area (Å²) in [5.41, 5.74) is 2.05. The van der Waals surface area contributed by atoms with Crippen LogP contribution < -0.4 is 10.1 Å². The third kappa shape index (κ3) is 4.27. The SMILES string of the molecule is CC1Cc2cc(C=C(C#N)C(=O)NCCCn3ccnc3)ccc2O1. The highest BCUT2D eigenvalue weighted by molar-refractivity contribution is 6.01. The van der Waals surface area contributed by atoms with E-state index in [1.165, 1.54) is 0 Å². The highest BCUT2D eigenvalue weighted by Gasteiger charge is 2.19. The number of aromatic nitrogens is 2. The highest BCUT2D eigenvalue weighted by atomic mass is 16.5. The molecule has 0 radical (unpaired) electrons. The summed E-state index contributed by atoms with van der Waals surface area (Å²) in [5.74, 6) is 0.533. The Kier molecular flexibility index (Phi) is 5.14. The fraction of sp³-hybridized carbons (Fsp3) is 0.316. The van der Waals surface area contributed by atoms with Crippen LogP contribution >= 0.6 is 0 Å². The van der Waals surface area contributed by atoms with E-state index in [2.05, 4.69) is 10.3 Å². The molecule has 1 unspecified atom stereocenters. The van der Waals surface area contributed by atoms with Crippen molar-refractivity contribution in [1.82, 2.24) is 14.9 Å². The molecule has 1 aromatic carbocycles. The summed E-state index contributed by atoms with van der Waals surface area (Å²) < 4.78 is 7.61. The summed E-state index contributed by atoms with van der Waals surface area (Å²) in [4.78, 5) is 16.1. The van der Waals surface area contributed by atoms with E-state index >= 15 is 0 Å². The van der Waals surface area contributed by atoms with Crippen LogP contribution in [0.2, 0.25) is 0 Å². The smallest absolute Gasteiger partial charge is 0.261 e. The van der Waals surface area contributed by atoms with Gasteiger partial charge in [0.15, 0.2) is 0 Å². The Hall–Kier alpha value is -3.07. The van der Waals surface area contributed by atoms with Crippen molar-refractivity contribution in [2.45, 2.75) is 32.4 Å². The number of hydrogen-bond donors (Lipinski definition) is 1. The van der Waals surface area contributed by atoms with Gasteiger partial charge in [0.25, 0.3) is 5.91 Å². The van der Waals surface area contributed by atoms with Crippen LogP contribution in [0.1, 0.15) is 24.5 Å². The normalized spacial score (nSPS) is 16.0. The quantitative estimate of drug-likeness (QED) is 0.499. The number of nitrogens with zero attached hydrogens (tertiary/aromatic N) is 3. The third-order valence-corrected chi connectivity index (χ3v) is 4.03. The molecule has 25 heavy (non-hydrogen) atoms. The number of benzene rings is 1. The van der Waals surface area contributed by atoms with Crippen LogP contribution in [0.25, 0.3) is 6.08 Å². The van der Waals surface area contributed by atoms with E-state index in [4.69, 9.17) is 4.74 Å². The number of nitriles is 1. The number of rotatable bonds is 6. The van der Waals surface area contributed by atoms with Crippen LogP contribution in [0.5, 0.6) is 5.75 Å². The Balaban J connectivity index is 1.57. The van der Waals surface area contributed by atoms with Gasteiger partial charge in [-0.05, 0) is 42.7 Å². The summed E-state index contributed by atoms with van der Waals surface area (Å²) in [6.45, 7) is 3.30. The molecule has 1 N–H and O–H groups in total. The van der Waals surface area contributed by atoms with Crippen LogP contribution in [0.15, 0.2) is 42.5 Å². The van der Waals surface area contributed by atoms with Crippen molar-refractivity contribution >= 4 is 12.0 Å². The molecule has 1 atom stereocenters. The molecule has 0 fully saturated rings. The van der Waals surface area contributed by atoms with Gasteiger partial charge in [-0.15, -0.1) is 0 Å². The molecular weight excluding hydrogens is 316 g/mol. The summed E-state index contributed by atoms with van der Waals surface area (Å²) in [5, 5.41) is 12.1. The standard InChI is InChI=1S/C19H20N4O2/c1-14-9-16-10-15(3-4-18(16)25-14)11-17(12-20)19(24)22-5-2-7-23-8-6-21-13-23/h3-4,6,8,10-11,13-14H,2,5,7,9H2,1H3,(H,22,24). The number of nitrogens with one attached hydrogen (secondary N) is 1. The minimum atomic E-state index is -0.349. The van der Waals surface area contributed by atoms with E-state index in [1.54, 1.807) is 18.6 Å². The minimum Gasteiger partial charge on any atom is -0.490 e. The summed E-state index contributed by atoms with van der Waals surface area (Å²) in [6, 6.07) is 7.71. The number of hydrogen-bond acceptors (Lipinski definition) is 4. The molecule has 0 aliphatic carbocycles. The van der Waals surface area contributed by atoms with E-state index in [0.29, 0.717) is 6.54 Å². The number of imidazole rings is 1. The van der Waals surface area contributed by atoms with Gasteiger partial charge in [-0.3, -0.25) is 4.79 Å². The Labute approximate surface area is 146 Å². The largest absolute Gasteiger partial charge is 0.490 e. The number of carbonyl (C=O) groups excluding carboxylic acids is 1. The van der Waals surface area contributed by atoms with Crippen LogP contribution in [0, 0.1) is 11.3 Å². The molecule has 1 aliphatic heterocycles. The Bertz CT molecular complexity index is 818. The average Bonchev–Trinajstić information content (AvgIpc) is 3.24. The molecular formula is C19H20N4O2. The van der Waals surface area contributed by atoms with Crippen LogP contribution in [-0.4, -0.2) is 28.1 Å². The lowest BCUT2D eigenvalue weighted by atomic mass is 10.0. The Morgan fingerprint density at radius 3 is 3.20 bits per heavy atom. The van der Waals surface area contributed by atoms with Crippen molar-refractivity contribution in [1.29, 1.82) is 5.26 Å². The second kappa shape index (κ2) is 7.67. The van der Waals surface area contributed by atoms with E-state index in [-0.39, 0.29) is 17.6 Å². The molecule has 1 aromatic heterocycles. The Morgan fingerprint density at radius 2 is 2.44 bits per heavy atom. The van der Waals surface area contributed by atoms with Gasteiger partial charge in [0.2, 0.25) is 0 Å². The first-order valence-corrected chi connectivity index (χ1v) is 8.31. The summed E-state index contributed by atoms with van der Waals surface area (Å²) >= 11 is 0. The van der Waals surface area contributed by atoms with Gasteiger partial charge < -0.3 is 14.6 Å². The topological polar surface area (TPSA) is 79.9 Å². The Morgan fingerprint density at radius 1 is 1.56 bits per heavy atom. The first kappa shape index (κ1) is 16.8. The molecule has 2 heterocycles. The van der Waals surface area contributed by atoms with E-state index in [0.717, 1.165) is 36.3 Å². The fourth-order valence-electron chi connectivity index (χ4n) is 2.82. The summed E-state index contributed by atoms with van der Waals surface area (Å²) in [7, 11) is 0. The van der Waals surface area contributed by atoms with Gasteiger partial charge in [0, 0.05) is 31.9 Å². The molecule has 0 saturated carbocycles. The molecule has 6 heteroatoms. The molecule has 2 aromatic rings. The molecule has 0 saturated heterocycles. The predicted octanol–water partition coefficient (Wildman–Crippen LogP) is 2.32. The second-order valence-electron chi connectivity index (χ2n) is 6.08. The average molecular weight is 336 g/mol. The van der Waals surface area contributed by atoms with Gasteiger partial charge in [-0.25, -0.2) is 4.98 Å². The van der Waals surface area contributed by atoms with E-state index in [1.807, 2.05) is 42.0 Å². The van der Waals surface area contributed by atoms with Crippen LogP contribution in [-0.2, 0) is 17.8 Å². The molecule has 3 rings (SSSR count). The van der Waals surface area contributed by atoms with Crippen molar-refractivity contribution in [3.05, 3.63) is 53.6 Å². The van der Waals surface area contributed by atoms with Crippen LogP contribution in [0.4, 0.5) is 0 Å². The zero-order valence-electron chi connectivity index (χ0n) is 14.1. The van der Waals surface area contributed by atoms with Gasteiger partial charge in [0.05, 0.1) is 6.33 Å². The van der Waals surface area contributed by atoms with Crippen molar-refractivity contribution in [2.75, 3.05) is 6.54 Å². The maximum Gasteiger partial charge on any atom is 0.261 e. The number of aryl methyl sites for hydroxylation is 1. The maximum atomic E-state index is 12.2. The van der Waals surface area contributed by atoms with Crippen LogP contribution in [0.3, 0.4) is 0 Å². The lowest BCUT2D eigenvalue weighted by molar-refractivity contribution is -0.117. The summed E-state index contributed by atoms with van der Waals surface area (Å²) in [6.07, 6.45) is 8.74. The van der Waals surface area contributed by atoms with E-state index in [9.17, 15) is 10.1 Å². The van der Waals surface area contributed by atoms with Crippen molar-refractivity contribution in [3.8, 4) is 11.8 Å². The first-order chi connectivity index (χ1) is 12.2. The molecule has 0 bridgehead atoms. The highest BCUT2D eigenvalue weighted by Crippen LogP contribution is 2.29. The molecule has 0 spiro atoms. The predicted molar refractivity (Wildman–Crippen MR) is 93.7 cm³/mol. The molecule has 1 aliphatic rings. The van der Waals surface area contributed by atoms with Gasteiger partial charge in [0.1, 0.15) is 23.5 Å². The third-order valence-electron chi connectivity index (χ3n) is 4.03. The molecule has 128 valence electrons. The van der Waals surface area contributed by atoms with Gasteiger partial charge in [-0.1, -0.05) is 6.07 Å². The monoisotopic (exact) mass is 336 g/mol. The molecule has 6 nitrogen and oxygen atoms in total. The lowest BCUT2D eigenvalue weighted by Crippen LogP contribution is -2.26. The molecule has 1 amide bonds. The van der Waals surface area contributed by atoms with E-state index < -0.39 is 0 Å². The fourth-order valence-corrected chi connectivity index (χ4v) is 2.82. The number of carbonyl (C=O) groups is 1.